The first-order valence-electron chi connectivity index (χ1n) is 14.5. The summed E-state index contributed by atoms with van der Waals surface area (Å²) in [5.41, 5.74) is 2.20. The first kappa shape index (κ1) is 30.0. The number of fused-ring (bicyclic) bond motifs is 1. The van der Waals surface area contributed by atoms with Crippen molar-refractivity contribution in [3.63, 3.8) is 0 Å². The quantitative estimate of drug-likeness (QED) is 0.288. The highest BCUT2D eigenvalue weighted by molar-refractivity contribution is 5.94. The maximum atomic E-state index is 15.3. The number of morpholine rings is 1. The van der Waals surface area contributed by atoms with Crippen LogP contribution in [0.1, 0.15) is 42.3 Å². The van der Waals surface area contributed by atoms with Crippen molar-refractivity contribution in [1.82, 2.24) is 29.9 Å². The van der Waals surface area contributed by atoms with E-state index < -0.39 is 18.0 Å². The first-order valence-corrected chi connectivity index (χ1v) is 14.5. The van der Waals surface area contributed by atoms with Crippen LogP contribution in [0.5, 0.6) is 0 Å². The van der Waals surface area contributed by atoms with Crippen LogP contribution in [0.25, 0.3) is 27.6 Å². The fourth-order valence-corrected chi connectivity index (χ4v) is 5.30. The molecule has 230 valence electrons. The number of nitrogens with one attached hydrogen (secondary N) is 1. The molecule has 0 unspecified atom stereocenters. The third-order valence-electron chi connectivity index (χ3n) is 7.77. The summed E-state index contributed by atoms with van der Waals surface area (Å²) in [5, 5.41) is 26.5. The Morgan fingerprint density at radius 1 is 1.04 bits per heavy atom. The molecular formula is C33H32FN7O4. The number of rotatable bonds is 6. The number of carbonyl (C=O) groups is 1. The Morgan fingerprint density at radius 3 is 2.56 bits per heavy atom. The number of nitrogens with zero attached hydrogens (tertiary/aromatic N) is 6. The van der Waals surface area contributed by atoms with E-state index >= 15 is 4.39 Å². The smallest absolute Gasteiger partial charge is 0.282 e. The standard InChI is InChI=1S/C33H32FN7O4/c1-33(2,3)23-13-22-18-37-41(32(44)30(22)26(34)15-23)27-6-4-5-24(25(27)19-42)21-14-29(39-36-17-21)38-28-8-7-20(16-35-28)31(43)40-9-11-45-12-10-40/h4-8,13-18,42H,9-12,19H2,1-3H3,(H,35,38,39). The molecule has 0 aliphatic carbocycles. The van der Waals surface area contributed by atoms with Gasteiger partial charge in [-0.15, -0.1) is 5.10 Å². The molecule has 45 heavy (non-hydrogen) atoms. The van der Waals surface area contributed by atoms with Gasteiger partial charge in [0.05, 0.1) is 48.9 Å². The number of aliphatic hydroxyl groups is 1. The van der Waals surface area contributed by atoms with Crippen LogP contribution in [0.4, 0.5) is 16.0 Å². The number of hydrogen-bond donors (Lipinski definition) is 2. The largest absolute Gasteiger partial charge is 0.392 e. The number of ether oxygens (including phenoxy) is 1. The lowest BCUT2D eigenvalue weighted by Gasteiger charge is -2.26. The van der Waals surface area contributed by atoms with Crippen molar-refractivity contribution in [3.05, 3.63) is 100.0 Å². The second-order valence-electron chi connectivity index (χ2n) is 11.8. The lowest BCUT2D eigenvalue weighted by atomic mass is 9.86. The molecular weight excluding hydrogens is 577 g/mol. The number of amides is 1. The van der Waals surface area contributed by atoms with E-state index in [0.29, 0.717) is 71.3 Å². The third-order valence-corrected chi connectivity index (χ3v) is 7.77. The minimum Gasteiger partial charge on any atom is -0.392 e. The summed E-state index contributed by atoms with van der Waals surface area (Å²) in [5.74, 6) is 0.105. The molecule has 0 radical (unpaired) electrons. The van der Waals surface area contributed by atoms with E-state index in [0.717, 1.165) is 10.2 Å². The number of anilines is 2. The van der Waals surface area contributed by atoms with Gasteiger partial charge in [0, 0.05) is 35.8 Å². The van der Waals surface area contributed by atoms with Gasteiger partial charge in [-0.2, -0.15) is 14.9 Å². The maximum absolute atomic E-state index is 15.3. The monoisotopic (exact) mass is 609 g/mol. The molecule has 1 amide bonds. The molecule has 0 saturated carbocycles. The molecule has 0 bridgehead atoms. The number of aromatic nitrogens is 5. The minimum absolute atomic E-state index is 0.0745. The molecule has 1 aliphatic rings. The van der Waals surface area contributed by atoms with E-state index in [2.05, 4.69) is 25.6 Å². The Morgan fingerprint density at radius 2 is 1.84 bits per heavy atom. The van der Waals surface area contributed by atoms with E-state index in [1.54, 1.807) is 47.4 Å². The SMILES string of the molecule is CC(C)(C)c1cc(F)c2c(=O)n(-c3cccc(-c4cnnc(Nc5ccc(C(=O)N6CCOCC6)cn5)c4)c3CO)ncc2c1. The molecule has 11 nitrogen and oxygen atoms in total. The molecule has 12 heteroatoms. The Balaban J connectivity index is 1.30. The second-order valence-corrected chi connectivity index (χ2v) is 11.8. The van der Waals surface area contributed by atoms with Crippen molar-refractivity contribution in [3.8, 4) is 16.8 Å². The summed E-state index contributed by atoms with van der Waals surface area (Å²) in [6.45, 7) is 7.60. The Hall–Kier alpha value is -5.07. The van der Waals surface area contributed by atoms with Crippen LogP contribution in [0.15, 0.2) is 71.9 Å². The van der Waals surface area contributed by atoms with Gasteiger partial charge in [0.25, 0.3) is 11.5 Å². The highest BCUT2D eigenvalue weighted by atomic mass is 19.1. The van der Waals surface area contributed by atoms with Crippen molar-refractivity contribution < 1.29 is 19.0 Å². The summed E-state index contributed by atoms with van der Waals surface area (Å²) in [6.07, 6.45) is 4.50. The Bertz CT molecular complexity index is 1950. The molecule has 0 atom stereocenters. The van der Waals surface area contributed by atoms with Crippen LogP contribution in [0.3, 0.4) is 0 Å². The average Bonchev–Trinajstić information content (AvgIpc) is 3.04. The lowest BCUT2D eigenvalue weighted by molar-refractivity contribution is 0.0302. The van der Waals surface area contributed by atoms with Gasteiger partial charge in [-0.05, 0) is 52.9 Å². The number of pyridine rings is 1. The fraction of sp³-hybridized carbons (Fsp3) is 0.273. The molecule has 2 N–H and O–H groups in total. The lowest BCUT2D eigenvalue weighted by Crippen LogP contribution is -2.40. The van der Waals surface area contributed by atoms with E-state index in [-0.39, 0.29) is 16.7 Å². The summed E-state index contributed by atoms with van der Waals surface area (Å²) < 4.78 is 21.7. The topological polar surface area (TPSA) is 135 Å². The third kappa shape index (κ3) is 6.02. The van der Waals surface area contributed by atoms with Gasteiger partial charge < -0.3 is 20.1 Å². The van der Waals surface area contributed by atoms with Gasteiger partial charge >= 0.3 is 0 Å². The van der Waals surface area contributed by atoms with Crippen LogP contribution in [0, 0.1) is 5.82 Å². The Kier molecular flexibility index (Phi) is 8.09. The second kappa shape index (κ2) is 12.1. The van der Waals surface area contributed by atoms with E-state index in [4.69, 9.17) is 4.74 Å². The van der Waals surface area contributed by atoms with Gasteiger partial charge in [0.1, 0.15) is 11.6 Å². The van der Waals surface area contributed by atoms with E-state index in [9.17, 15) is 14.7 Å². The van der Waals surface area contributed by atoms with Crippen LogP contribution in [-0.2, 0) is 16.8 Å². The highest BCUT2D eigenvalue weighted by Crippen LogP contribution is 2.30. The zero-order valence-electron chi connectivity index (χ0n) is 25.1. The maximum Gasteiger partial charge on any atom is 0.282 e. The molecule has 4 heterocycles. The average molecular weight is 610 g/mol. The molecule has 5 aromatic rings. The van der Waals surface area contributed by atoms with Crippen LogP contribution >= 0.6 is 0 Å². The summed E-state index contributed by atoms with van der Waals surface area (Å²) >= 11 is 0. The van der Waals surface area contributed by atoms with Crippen molar-refractivity contribution in [2.24, 2.45) is 0 Å². The molecule has 6 rings (SSSR count). The van der Waals surface area contributed by atoms with Crippen molar-refractivity contribution in [1.29, 1.82) is 0 Å². The van der Waals surface area contributed by atoms with Gasteiger partial charge in [-0.1, -0.05) is 32.9 Å². The number of hydrogen-bond acceptors (Lipinski definition) is 9. The van der Waals surface area contributed by atoms with Crippen LogP contribution in [-0.4, -0.2) is 67.2 Å². The normalized spacial score (nSPS) is 13.7. The molecule has 3 aromatic heterocycles. The number of benzene rings is 2. The molecule has 2 aromatic carbocycles. The van der Waals surface area contributed by atoms with Crippen LogP contribution < -0.4 is 10.9 Å². The predicted octanol–water partition coefficient (Wildman–Crippen LogP) is 4.38. The molecule has 0 spiro atoms. The van der Waals surface area contributed by atoms with Gasteiger partial charge in [0.2, 0.25) is 0 Å². The Labute approximate surface area is 258 Å². The molecule has 1 aliphatic heterocycles. The first-order chi connectivity index (χ1) is 21.6. The van der Waals surface area contributed by atoms with Gasteiger partial charge in [-0.25, -0.2) is 9.37 Å². The zero-order valence-corrected chi connectivity index (χ0v) is 25.1. The van der Waals surface area contributed by atoms with Crippen molar-refractivity contribution in [2.45, 2.75) is 32.8 Å². The number of carbonyl (C=O) groups excluding carboxylic acids is 1. The number of halogens is 1. The van der Waals surface area contributed by atoms with Crippen molar-refractivity contribution in [2.75, 3.05) is 31.6 Å². The van der Waals surface area contributed by atoms with Crippen LogP contribution in [0.2, 0.25) is 0 Å². The number of aliphatic hydroxyl groups excluding tert-OH is 1. The van der Waals surface area contributed by atoms with Gasteiger partial charge in [-0.3, -0.25) is 9.59 Å². The predicted molar refractivity (Wildman–Crippen MR) is 167 cm³/mol. The zero-order chi connectivity index (χ0) is 31.7. The molecule has 1 fully saturated rings. The van der Waals surface area contributed by atoms with Crippen molar-refractivity contribution >= 4 is 28.3 Å². The molecule has 1 saturated heterocycles. The minimum atomic E-state index is -0.630. The fourth-order valence-electron chi connectivity index (χ4n) is 5.30. The summed E-state index contributed by atoms with van der Waals surface area (Å²) in [6, 6.07) is 13.4. The van der Waals surface area contributed by atoms with E-state index in [1.165, 1.54) is 24.7 Å². The highest BCUT2D eigenvalue weighted by Gasteiger charge is 2.21. The van der Waals surface area contributed by atoms with E-state index in [1.807, 2.05) is 20.8 Å². The summed E-state index contributed by atoms with van der Waals surface area (Å²) in [7, 11) is 0. The summed E-state index contributed by atoms with van der Waals surface area (Å²) in [4.78, 5) is 32.4. The van der Waals surface area contributed by atoms with Gasteiger partial charge in [0.15, 0.2) is 5.82 Å².